The minimum absolute atomic E-state index is 0.186. The second kappa shape index (κ2) is 8.71. The molecule has 2 N–H and O–H groups in total. The predicted molar refractivity (Wildman–Crippen MR) is 110 cm³/mol. The number of nitrogens with zero attached hydrogens (tertiary/aromatic N) is 2. The van der Waals surface area contributed by atoms with Crippen molar-refractivity contribution in [2.45, 2.75) is 37.5 Å². The van der Waals surface area contributed by atoms with Crippen molar-refractivity contribution in [1.82, 2.24) is 15.1 Å². The molecule has 1 aromatic carbocycles. The topological polar surface area (TPSA) is 60.3 Å². The lowest BCUT2D eigenvalue weighted by Gasteiger charge is -2.33. The van der Waals surface area contributed by atoms with Crippen molar-refractivity contribution < 1.29 is 22.6 Å². The number of hydrogen-bond acceptors (Lipinski definition) is 5. The molecule has 0 radical (unpaired) electrons. The van der Waals surface area contributed by atoms with Crippen LogP contribution in [-0.2, 0) is 0 Å². The van der Waals surface area contributed by atoms with Crippen molar-refractivity contribution in [3.63, 3.8) is 0 Å². The zero-order chi connectivity index (χ0) is 22.0. The van der Waals surface area contributed by atoms with Crippen LogP contribution in [0.15, 0.2) is 24.3 Å². The van der Waals surface area contributed by atoms with Crippen LogP contribution in [0.2, 0.25) is 0 Å². The van der Waals surface area contributed by atoms with E-state index in [1.807, 2.05) is 0 Å². The molecular formula is C22H25F3N4O2. The number of rotatable bonds is 3. The Balaban J connectivity index is 1.63. The van der Waals surface area contributed by atoms with E-state index in [2.05, 4.69) is 27.6 Å². The van der Waals surface area contributed by atoms with Crippen LogP contribution >= 0.6 is 0 Å². The highest BCUT2D eigenvalue weighted by Gasteiger charge is 2.46. The summed E-state index contributed by atoms with van der Waals surface area (Å²) in [7, 11) is 3.01. The van der Waals surface area contributed by atoms with Crippen molar-refractivity contribution in [1.29, 1.82) is 0 Å². The molecule has 1 fully saturated rings. The summed E-state index contributed by atoms with van der Waals surface area (Å²) in [4.78, 5) is 0. The van der Waals surface area contributed by atoms with E-state index in [4.69, 9.17) is 9.47 Å². The third-order valence-corrected chi connectivity index (χ3v) is 5.74. The lowest BCUT2D eigenvalue weighted by atomic mass is 9.96. The van der Waals surface area contributed by atoms with E-state index in [0.717, 1.165) is 30.6 Å². The zero-order valence-corrected chi connectivity index (χ0v) is 17.4. The Kier molecular flexibility index (Phi) is 6.01. The van der Waals surface area contributed by atoms with Crippen molar-refractivity contribution in [3.8, 4) is 23.3 Å². The highest BCUT2D eigenvalue weighted by atomic mass is 19.4. The number of benzene rings is 1. The average molecular weight is 434 g/mol. The van der Waals surface area contributed by atoms with E-state index >= 15 is 0 Å². The Bertz CT molecular complexity index is 987. The normalized spacial score (nSPS) is 21.5. The number of anilines is 1. The second-order valence-corrected chi connectivity index (χ2v) is 7.76. The van der Waals surface area contributed by atoms with Gasteiger partial charge in [-0.2, -0.15) is 18.3 Å². The first-order valence-corrected chi connectivity index (χ1v) is 10.3. The Hall–Kier alpha value is -2.86. The van der Waals surface area contributed by atoms with Gasteiger partial charge in [-0.3, -0.25) is 0 Å². The largest absolute Gasteiger partial charge is 0.493 e. The lowest BCUT2D eigenvalue weighted by molar-refractivity contribution is -0.173. The predicted octanol–water partition coefficient (Wildman–Crippen LogP) is 3.91. The summed E-state index contributed by atoms with van der Waals surface area (Å²) in [6.07, 6.45) is -2.75. The molecular weight excluding hydrogens is 409 g/mol. The van der Waals surface area contributed by atoms with Crippen LogP contribution in [0.5, 0.6) is 11.5 Å². The molecule has 4 rings (SSSR count). The highest BCUT2D eigenvalue weighted by Crippen LogP contribution is 2.44. The lowest BCUT2D eigenvalue weighted by Crippen LogP contribution is -2.35. The van der Waals surface area contributed by atoms with Crippen molar-refractivity contribution >= 4 is 5.82 Å². The molecule has 31 heavy (non-hydrogen) atoms. The minimum atomic E-state index is -4.43. The molecule has 0 spiro atoms. The fraction of sp³-hybridized carbons (Fsp3) is 0.500. The Morgan fingerprint density at radius 3 is 2.52 bits per heavy atom. The van der Waals surface area contributed by atoms with Crippen LogP contribution < -0.4 is 20.1 Å². The van der Waals surface area contributed by atoms with Gasteiger partial charge in [0.15, 0.2) is 17.5 Å². The van der Waals surface area contributed by atoms with Gasteiger partial charge >= 0.3 is 6.18 Å². The number of methoxy groups -OCH3 is 2. The summed E-state index contributed by atoms with van der Waals surface area (Å²) < 4.78 is 53.2. The summed E-state index contributed by atoms with van der Waals surface area (Å²) in [5.41, 5.74) is 1.03. The Morgan fingerprint density at radius 1 is 1.10 bits per heavy atom. The summed E-state index contributed by atoms with van der Waals surface area (Å²) in [5, 5.41) is 10.6. The Morgan fingerprint density at radius 2 is 1.84 bits per heavy atom. The molecule has 0 bridgehead atoms. The quantitative estimate of drug-likeness (QED) is 0.718. The van der Waals surface area contributed by atoms with Gasteiger partial charge in [-0.15, -0.1) is 0 Å². The number of alkyl halides is 3. The molecule has 0 saturated carbocycles. The van der Waals surface area contributed by atoms with E-state index in [0.29, 0.717) is 28.6 Å². The van der Waals surface area contributed by atoms with Gasteiger partial charge in [0, 0.05) is 18.4 Å². The molecule has 2 aliphatic rings. The van der Waals surface area contributed by atoms with E-state index < -0.39 is 18.3 Å². The molecule has 2 atom stereocenters. The Labute approximate surface area is 179 Å². The van der Waals surface area contributed by atoms with Gasteiger partial charge in [-0.1, -0.05) is 12.0 Å². The molecule has 0 aliphatic carbocycles. The zero-order valence-electron chi connectivity index (χ0n) is 17.4. The number of aromatic nitrogens is 2. The van der Waals surface area contributed by atoms with Gasteiger partial charge in [0.25, 0.3) is 0 Å². The van der Waals surface area contributed by atoms with Crippen LogP contribution in [0.25, 0.3) is 0 Å². The van der Waals surface area contributed by atoms with Gasteiger partial charge in [-0.05, 0) is 49.5 Å². The van der Waals surface area contributed by atoms with Crippen LogP contribution in [0.1, 0.15) is 42.6 Å². The first-order chi connectivity index (χ1) is 14.9. The summed E-state index contributed by atoms with van der Waals surface area (Å²) in [5.74, 6) is 7.69. The molecule has 1 aromatic heterocycles. The summed E-state index contributed by atoms with van der Waals surface area (Å²) in [6, 6.07) is 4.45. The fourth-order valence-electron chi connectivity index (χ4n) is 4.06. The second-order valence-electron chi connectivity index (χ2n) is 7.76. The maximum absolute atomic E-state index is 13.9. The van der Waals surface area contributed by atoms with E-state index in [1.54, 1.807) is 24.3 Å². The smallest absolute Gasteiger partial charge is 0.410 e. The molecule has 0 amide bonds. The molecule has 3 heterocycles. The van der Waals surface area contributed by atoms with Crippen molar-refractivity contribution in [2.75, 3.05) is 32.6 Å². The molecule has 2 aliphatic heterocycles. The molecule has 9 heteroatoms. The van der Waals surface area contributed by atoms with Crippen LogP contribution in [0, 0.1) is 17.8 Å². The van der Waals surface area contributed by atoms with Gasteiger partial charge in [0.2, 0.25) is 0 Å². The minimum Gasteiger partial charge on any atom is -0.493 e. The van der Waals surface area contributed by atoms with E-state index in [-0.39, 0.29) is 12.3 Å². The third kappa shape index (κ3) is 4.59. The van der Waals surface area contributed by atoms with Crippen LogP contribution in [0.4, 0.5) is 19.0 Å². The third-order valence-electron chi connectivity index (χ3n) is 5.74. The number of hydrogen-bond donors (Lipinski definition) is 2. The summed E-state index contributed by atoms with van der Waals surface area (Å²) in [6.45, 7) is 1.81. The molecule has 1 saturated heterocycles. The first kappa shape index (κ1) is 21.4. The number of ether oxygens (including phenoxy) is 2. The number of halogens is 3. The van der Waals surface area contributed by atoms with Crippen molar-refractivity contribution in [3.05, 3.63) is 35.5 Å². The maximum Gasteiger partial charge on any atom is 0.410 e. The number of piperidine rings is 1. The molecule has 166 valence electrons. The van der Waals surface area contributed by atoms with Gasteiger partial charge < -0.3 is 20.1 Å². The SMILES string of the molecule is COc1ccc(C2CC(C(F)(F)F)n3nc(C#CC4CCNCC4)cc3N2)cc1OC. The standard InChI is InChI=1S/C22H25F3N4O2/c1-30-18-6-4-15(11-19(18)31-2)17-13-20(22(23,24)25)29-21(27-17)12-16(28-29)5-3-14-7-9-26-10-8-14/h4,6,11-12,14,17,20,26-27H,7-10,13H2,1-2H3. The highest BCUT2D eigenvalue weighted by molar-refractivity contribution is 5.50. The van der Waals surface area contributed by atoms with Crippen LogP contribution in [0.3, 0.4) is 0 Å². The molecule has 2 unspecified atom stereocenters. The molecule has 2 aromatic rings. The first-order valence-electron chi connectivity index (χ1n) is 10.3. The monoisotopic (exact) mass is 434 g/mol. The van der Waals surface area contributed by atoms with Crippen LogP contribution in [-0.4, -0.2) is 43.3 Å². The van der Waals surface area contributed by atoms with Gasteiger partial charge in [0.05, 0.1) is 20.3 Å². The van der Waals surface area contributed by atoms with Gasteiger partial charge in [-0.25, -0.2) is 4.68 Å². The van der Waals surface area contributed by atoms with E-state index in [9.17, 15) is 13.2 Å². The molecule has 6 nitrogen and oxygen atoms in total. The van der Waals surface area contributed by atoms with Gasteiger partial charge in [0.1, 0.15) is 11.5 Å². The number of nitrogens with one attached hydrogen (secondary N) is 2. The maximum atomic E-state index is 13.9. The summed E-state index contributed by atoms with van der Waals surface area (Å²) >= 11 is 0. The average Bonchev–Trinajstić information content (AvgIpc) is 3.19. The van der Waals surface area contributed by atoms with E-state index in [1.165, 1.54) is 14.2 Å². The van der Waals surface area contributed by atoms with Crippen molar-refractivity contribution in [2.24, 2.45) is 5.92 Å². The number of fused-ring (bicyclic) bond motifs is 1. The fourth-order valence-corrected chi connectivity index (χ4v) is 4.06.